The van der Waals surface area contributed by atoms with Crippen molar-refractivity contribution >= 4 is 17.6 Å². The van der Waals surface area contributed by atoms with Crippen molar-refractivity contribution in [1.82, 2.24) is 10.2 Å². The van der Waals surface area contributed by atoms with Gasteiger partial charge >= 0.3 is 5.97 Å². The Kier molecular flexibility index (Phi) is 4.55. The molecule has 0 aliphatic heterocycles. The molecule has 7 nitrogen and oxygen atoms in total. The maximum Gasteiger partial charge on any atom is 0.343 e. The van der Waals surface area contributed by atoms with Gasteiger partial charge in [0.2, 0.25) is 0 Å². The van der Waals surface area contributed by atoms with E-state index in [0.717, 1.165) is 5.69 Å². The number of benzene rings is 1. The van der Waals surface area contributed by atoms with Crippen LogP contribution in [0.1, 0.15) is 16.2 Å². The van der Waals surface area contributed by atoms with Crippen LogP contribution in [0.15, 0.2) is 30.3 Å². The molecule has 0 unspecified atom stereocenters. The normalized spacial score (nSPS) is 10.0. The molecule has 1 aromatic heterocycles. The van der Waals surface area contributed by atoms with Crippen molar-refractivity contribution in [2.75, 3.05) is 19.0 Å². The number of H-pyrrole nitrogens is 1. The summed E-state index contributed by atoms with van der Waals surface area (Å²) in [5, 5.41) is 9.27. The predicted octanol–water partition coefficient (Wildman–Crippen LogP) is 1.52. The van der Waals surface area contributed by atoms with E-state index in [-0.39, 0.29) is 12.5 Å². The average Bonchev–Trinajstić information content (AvgIpc) is 2.92. The van der Waals surface area contributed by atoms with Gasteiger partial charge in [-0.15, -0.1) is 0 Å². The molecule has 0 radical (unpaired) electrons. The third-order valence-corrected chi connectivity index (χ3v) is 2.61. The number of esters is 1. The van der Waals surface area contributed by atoms with Crippen LogP contribution in [-0.4, -0.2) is 35.8 Å². The molecular weight excluding hydrogens is 274 g/mol. The van der Waals surface area contributed by atoms with E-state index >= 15 is 0 Å². The molecule has 0 fully saturated rings. The topological polar surface area (TPSA) is 93.3 Å². The minimum atomic E-state index is -0.476. The first-order valence-electron chi connectivity index (χ1n) is 6.21. The second kappa shape index (κ2) is 6.56. The number of aromatic amines is 1. The lowest BCUT2D eigenvalue weighted by Gasteiger charge is -2.07. The van der Waals surface area contributed by atoms with Gasteiger partial charge in [-0.2, -0.15) is 5.10 Å². The zero-order chi connectivity index (χ0) is 15.2. The number of nitrogens with one attached hydrogen (secondary N) is 2. The van der Waals surface area contributed by atoms with E-state index in [2.05, 4.69) is 20.3 Å². The van der Waals surface area contributed by atoms with Crippen LogP contribution in [0.3, 0.4) is 0 Å². The van der Waals surface area contributed by atoms with Gasteiger partial charge in [0.05, 0.1) is 7.11 Å². The third-order valence-electron chi connectivity index (χ3n) is 2.61. The Hall–Kier alpha value is -2.83. The van der Waals surface area contributed by atoms with Crippen LogP contribution in [0.5, 0.6) is 5.75 Å². The van der Waals surface area contributed by atoms with Crippen LogP contribution in [0.2, 0.25) is 0 Å². The average molecular weight is 289 g/mol. The van der Waals surface area contributed by atoms with Crippen LogP contribution in [0, 0.1) is 6.92 Å². The Balaban J connectivity index is 2.00. The summed E-state index contributed by atoms with van der Waals surface area (Å²) in [6.07, 6.45) is 0. The van der Waals surface area contributed by atoms with Crippen molar-refractivity contribution in [2.45, 2.75) is 6.92 Å². The van der Waals surface area contributed by atoms with Gasteiger partial charge in [0.25, 0.3) is 5.91 Å². The number of carbonyl (C=O) groups is 2. The van der Waals surface area contributed by atoms with Gasteiger partial charge in [-0.3, -0.25) is 9.89 Å². The molecule has 2 rings (SSSR count). The molecule has 0 spiro atoms. The van der Waals surface area contributed by atoms with Crippen molar-refractivity contribution in [1.29, 1.82) is 0 Å². The van der Waals surface area contributed by atoms with Gasteiger partial charge in [-0.1, -0.05) is 6.07 Å². The maximum absolute atomic E-state index is 11.9. The van der Waals surface area contributed by atoms with Crippen LogP contribution < -0.4 is 10.1 Å². The van der Waals surface area contributed by atoms with Crippen LogP contribution in [0.4, 0.5) is 5.69 Å². The summed E-state index contributed by atoms with van der Waals surface area (Å²) < 4.78 is 9.72. The molecule has 0 bridgehead atoms. The van der Waals surface area contributed by atoms with Crippen molar-refractivity contribution in [3.05, 3.63) is 41.7 Å². The number of rotatable bonds is 5. The molecule has 0 atom stereocenters. The molecule has 0 aliphatic rings. The summed E-state index contributed by atoms with van der Waals surface area (Å²) in [5.41, 5.74) is 1.65. The van der Waals surface area contributed by atoms with E-state index < -0.39 is 5.97 Å². The number of hydrogen-bond acceptors (Lipinski definition) is 5. The smallest absolute Gasteiger partial charge is 0.343 e. The van der Waals surface area contributed by atoms with Crippen LogP contribution >= 0.6 is 0 Å². The van der Waals surface area contributed by atoms with E-state index in [1.807, 2.05) is 6.92 Å². The summed E-state index contributed by atoms with van der Waals surface area (Å²) in [7, 11) is 1.29. The zero-order valence-electron chi connectivity index (χ0n) is 11.7. The Bertz CT molecular complexity index is 651. The van der Waals surface area contributed by atoms with Crippen molar-refractivity contribution in [3.63, 3.8) is 0 Å². The van der Waals surface area contributed by atoms with Gasteiger partial charge in [-0.05, 0) is 25.1 Å². The fraction of sp³-hybridized carbons (Fsp3) is 0.214. The molecule has 1 amide bonds. The van der Waals surface area contributed by atoms with Gasteiger partial charge in [-0.25, -0.2) is 4.79 Å². The number of nitrogens with zero attached hydrogens (tertiary/aromatic N) is 1. The fourth-order valence-electron chi connectivity index (χ4n) is 1.59. The van der Waals surface area contributed by atoms with Crippen molar-refractivity contribution in [2.24, 2.45) is 0 Å². The quantitative estimate of drug-likeness (QED) is 0.814. The van der Waals surface area contributed by atoms with Crippen molar-refractivity contribution in [3.8, 4) is 5.75 Å². The molecule has 0 saturated carbocycles. The molecule has 1 heterocycles. The van der Waals surface area contributed by atoms with E-state index in [0.29, 0.717) is 17.1 Å². The van der Waals surface area contributed by atoms with E-state index in [9.17, 15) is 9.59 Å². The maximum atomic E-state index is 11.9. The number of anilines is 1. The van der Waals surface area contributed by atoms with Gasteiger partial charge < -0.3 is 14.8 Å². The molecule has 110 valence electrons. The fourth-order valence-corrected chi connectivity index (χ4v) is 1.59. The molecule has 2 N–H and O–H groups in total. The monoisotopic (exact) mass is 289 g/mol. The Labute approximate surface area is 121 Å². The number of aromatic nitrogens is 2. The van der Waals surface area contributed by atoms with Crippen LogP contribution in [0.25, 0.3) is 0 Å². The minimum Gasteiger partial charge on any atom is -0.482 e. The largest absolute Gasteiger partial charge is 0.482 e. The highest BCUT2D eigenvalue weighted by Crippen LogP contribution is 2.18. The highest BCUT2D eigenvalue weighted by molar-refractivity contribution is 6.02. The highest BCUT2D eigenvalue weighted by Gasteiger charge is 2.10. The van der Waals surface area contributed by atoms with Gasteiger partial charge in [0, 0.05) is 17.4 Å². The second-order valence-electron chi connectivity index (χ2n) is 4.28. The predicted molar refractivity (Wildman–Crippen MR) is 75.2 cm³/mol. The summed E-state index contributed by atoms with van der Waals surface area (Å²) >= 11 is 0. The van der Waals surface area contributed by atoms with Crippen LogP contribution in [-0.2, 0) is 9.53 Å². The summed E-state index contributed by atoms with van der Waals surface area (Å²) in [6, 6.07) is 8.35. The number of hydrogen-bond donors (Lipinski definition) is 2. The second-order valence-corrected chi connectivity index (χ2v) is 4.28. The SMILES string of the molecule is COC(=O)COc1cccc(NC(=O)c2cc(C)[nH]n2)c1. The van der Waals surface area contributed by atoms with E-state index in [1.54, 1.807) is 30.3 Å². The molecule has 0 aliphatic carbocycles. The number of amides is 1. The summed E-state index contributed by atoms with van der Waals surface area (Å²) in [5.74, 6) is -0.350. The molecule has 0 saturated heterocycles. The summed E-state index contributed by atoms with van der Waals surface area (Å²) in [6.45, 7) is 1.62. The lowest BCUT2D eigenvalue weighted by atomic mass is 10.3. The number of aryl methyl sites for hydroxylation is 1. The molecule has 2 aromatic rings. The van der Waals surface area contributed by atoms with Gasteiger partial charge in [0.15, 0.2) is 12.3 Å². The zero-order valence-corrected chi connectivity index (χ0v) is 11.7. The first kappa shape index (κ1) is 14.6. The number of ether oxygens (including phenoxy) is 2. The molecule has 7 heteroatoms. The third kappa shape index (κ3) is 4.07. The first-order valence-corrected chi connectivity index (χ1v) is 6.21. The molecule has 21 heavy (non-hydrogen) atoms. The lowest BCUT2D eigenvalue weighted by Crippen LogP contribution is -2.14. The standard InChI is InChI=1S/C14H15N3O4/c1-9-6-12(17-16-9)14(19)15-10-4-3-5-11(7-10)21-8-13(18)20-2/h3-7H,8H2,1-2H3,(H,15,19)(H,16,17). The summed E-state index contributed by atoms with van der Waals surface area (Å²) in [4.78, 5) is 22.9. The first-order chi connectivity index (χ1) is 10.1. The lowest BCUT2D eigenvalue weighted by molar-refractivity contribution is -0.142. The minimum absolute atomic E-state index is 0.188. The molecule has 1 aromatic carbocycles. The Morgan fingerprint density at radius 1 is 1.33 bits per heavy atom. The number of methoxy groups -OCH3 is 1. The van der Waals surface area contributed by atoms with E-state index in [4.69, 9.17) is 4.74 Å². The van der Waals surface area contributed by atoms with Crippen molar-refractivity contribution < 1.29 is 19.1 Å². The Morgan fingerprint density at radius 2 is 2.14 bits per heavy atom. The molecular formula is C14H15N3O4. The van der Waals surface area contributed by atoms with Gasteiger partial charge in [0.1, 0.15) is 5.75 Å². The van der Waals surface area contributed by atoms with E-state index in [1.165, 1.54) is 7.11 Å². The Morgan fingerprint density at radius 3 is 2.81 bits per heavy atom. The highest BCUT2D eigenvalue weighted by atomic mass is 16.6. The number of carbonyl (C=O) groups excluding carboxylic acids is 2.